The molecule has 0 spiro atoms. The summed E-state index contributed by atoms with van der Waals surface area (Å²) in [7, 11) is 1.55. The number of ketones is 1. The molecule has 1 amide bonds. The van der Waals surface area contributed by atoms with Gasteiger partial charge in [0.15, 0.2) is 0 Å². The van der Waals surface area contributed by atoms with Crippen LogP contribution < -0.4 is 9.64 Å². The number of nitrogens with one attached hydrogen (secondary N) is 1. The van der Waals surface area contributed by atoms with Crippen molar-refractivity contribution < 1.29 is 19.4 Å². The lowest BCUT2D eigenvalue weighted by Crippen LogP contribution is -2.30. The van der Waals surface area contributed by atoms with E-state index in [1.165, 1.54) is 4.90 Å². The Balaban J connectivity index is 1.75. The lowest BCUT2D eigenvalue weighted by atomic mass is 9.94. The molecule has 5 rings (SSSR count). The minimum absolute atomic E-state index is 0.00400. The molecule has 4 aromatic rings. The van der Waals surface area contributed by atoms with Crippen LogP contribution in [0.5, 0.6) is 5.75 Å². The van der Waals surface area contributed by atoms with E-state index < -0.39 is 17.7 Å². The normalized spacial score (nSPS) is 17.2. The number of aromatic nitrogens is 2. The second kappa shape index (κ2) is 8.68. The molecule has 36 heavy (non-hydrogen) atoms. The van der Waals surface area contributed by atoms with Gasteiger partial charge in [0, 0.05) is 5.56 Å². The largest absolute Gasteiger partial charge is 0.507 e. The summed E-state index contributed by atoms with van der Waals surface area (Å²) in [6, 6.07) is 15.6. The monoisotopic (exact) mass is 481 g/mol. The molecule has 0 bridgehead atoms. The van der Waals surface area contributed by atoms with Crippen molar-refractivity contribution in [3.8, 4) is 5.75 Å². The first kappa shape index (κ1) is 23.4. The van der Waals surface area contributed by atoms with Gasteiger partial charge in [-0.25, -0.2) is 4.98 Å². The van der Waals surface area contributed by atoms with E-state index >= 15 is 0 Å². The van der Waals surface area contributed by atoms with Crippen molar-refractivity contribution in [2.45, 2.75) is 33.7 Å². The lowest BCUT2D eigenvalue weighted by Gasteiger charge is -2.23. The predicted molar refractivity (Wildman–Crippen MR) is 139 cm³/mol. The molecule has 182 valence electrons. The number of amides is 1. The third-order valence-corrected chi connectivity index (χ3v) is 6.95. The quantitative estimate of drug-likeness (QED) is 0.230. The number of benzene rings is 3. The van der Waals surface area contributed by atoms with Crippen LogP contribution in [0.2, 0.25) is 0 Å². The molecule has 1 aliphatic heterocycles. The van der Waals surface area contributed by atoms with Gasteiger partial charge in [-0.05, 0) is 85.8 Å². The minimum atomic E-state index is -0.899. The summed E-state index contributed by atoms with van der Waals surface area (Å²) in [6.45, 7) is 7.90. The van der Waals surface area contributed by atoms with Gasteiger partial charge in [-0.2, -0.15) is 0 Å². The van der Waals surface area contributed by atoms with Crippen LogP contribution in [0.1, 0.15) is 39.4 Å². The van der Waals surface area contributed by atoms with Crippen LogP contribution in [-0.4, -0.2) is 33.9 Å². The van der Waals surface area contributed by atoms with Gasteiger partial charge in [-0.15, -0.1) is 0 Å². The molecule has 1 aliphatic rings. The number of Topliss-reactive ketones (excluding diaryl/α,β-unsaturated/α-hetero) is 1. The first-order chi connectivity index (χ1) is 17.2. The third-order valence-electron chi connectivity index (χ3n) is 6.95. The second-order valence-corrected chi connectivity index (χ2v) is 9.26. The molecule has 1 unspecified atom stereocenters. The Hall–Kier alpha value is -4.39. The average Bonchev–Trinajstić information content (AvgIpc) is 3.38. The Morgan fingerprint density at radius 3 is 2.39 bits per heavy atom. The fourth-order valence-electron chi connectivity index (χ4n) is 4.59. The number of rotatable bonds is 4. The fourth-order valence-corrected chi connectivity index (χ4v) is 4.59. The molecule has 1 fully saturated rings. The molecule has 1 atom stereocenters. The van der Waals surface area contributed by atoms with Crippen LogP contribution >= 0.6 is 0 Å². The van der Waals surface area contributed by atoms with Crippen molar-refractivity contribution in [2.75, 3.05) is 12.0 Å². The highest BCUT2D eigenvalue weighted by Gasteiger charge is 2.48. The number of hydrogen-bond donors (Lipinski definition) is 2. The maximum Gasteiger partial charge on any atom is 0.302 e. The highest BCUT2D eigenvalue weighted by molar-refractivity contribution is 6.51. The summed E-state index contributed by atoms with van der Waals surface area (Å²) in [6.07, 6.45) is 0. The molecule has 7 nitrogen and oxygen atoms in total. The smallest absolute Gasteiger partial charge is 0.302 e. The maximum absolute atomic E-state index is 13.5. The Labute approximate surface area is 209 Å². The molecule has 3 aromatic carbocycles. The van der Waals surface area contributed by atoms with Crippen molar-refractivity contribution in [3.05, 3.63) is 93.6 Å². The summed E-state index contributed by atoms with van der Waals surface area (Å²) < 4.78 is 5.40. The Bertz CT molecular complexity index is 1540. The van der Waals surface area contributed by atoms with Gasteiger partial charge in [0.1, 0.15) is 11.5 Å². The van der Waals surface area contributed by atoms with E-state index in [1.807, 2.05) is 52.0 Å². The summed E-state index contributed by atoms with van der Waals surface area (Å²) >= 11 is 0. The summed E-state index contributed by atoms with van der Waals surface area (Å²) in [5, 5.41) is 11.4. The van der Waals surface area contributed by atoms with E-state index in [0.29, 0.717) is 22.4 Å². The molecule has 2 N–H and O–H groups in total. The van der Waals surface area contributed by atoms with Gasteiger partial charge in [0.25, 0.3) is 5.78 Å². The van der Waals surface area contributed by atoms with Crippen LogP contribution in [0.4, 0.5) is 5.95 Å². The van der Waals surface area contributed by atoms with Crippen LogP contribution in [0, 0.1) is 27.7 Å². The molecule has 0 saturated carbocycles. The number of H-pyrrole nitrogens is 1. The SMILES string of the molecule is COc1cccc(C2/C(=C(\O)c3ccc(C)c(C)c3)C(=O)C(=O)N2c2nc3cc(C)c(C)cc3[nH]2)c1. The second-order valence-electron chi connectivity index (χ2n) is 9.26. The number of nitrogens with zero attached hydrogens (tertiary/aromatic N) is 2. The van der Waals surface area contributed by atoms with Crippen molar-refractivity contribution in [1.29, 1.82) is 0 Å². The Morgan fingerprint density at radius 2 is 1.67 bits per heavy atom. The first-order valence-electron chi connectivity index (χ1n) is 11.7. The number of carbonyl (C=O) groups is 2. The number of carbonyl (C=O) groups excluding carboxylic acids is 2. The highest BCUT2D eigenvalue weighted by atomic mass is 16.5. The van der Waals surface area contributed by atoms with Crippen molar-refractivity contribution >= 4 is 34.4 Å². The van der Waals surface area contributed by atoms with Gasteiger partial charge in [0.05, 0.1) is 29.8 Å². The van der Waals surface area contributed by atoms with Gasteiger partial charge in [-0.1, -0.05) is 24.3 Å². The van der Waals surface area contributed by atoms with Gasteiger partial charge < -0.3 is 14.8 Å². The summed E-state index contributed by atoms with van der Waals surface area (Å²) in [5.74, 6) is -0.953. The topological polar surface area (TPSA) is 95.5 Å². The molecule has 1 saturated heterocycles. The third kappa shape index (κ3) is 3.73. The first-order valence-corrected chi connectivity index (χ1v) is 11.7. The van der Waals surface area contributed by atoms with Crippen LogP contribution in [0.15, 0.2) is 60.2 Å². The van der Waals surface area contributed by atoms with Gasteiger partial charge in [0.2, 0.25) is 5.95 Å². The zero-order valence-electron chi connectivity index (χ0n) is 20.8. The molecule has 2 heterocycles. The Morgan fingerprint density at radius 1 is 0.944 bits per heavy atom. The zero-order chi connectivity index (χ0) is 25.7. The van der Waals surface area contributed by atoms with Crippen molar-refractivity contribution in [2.24, 2.45) is 0 Å². The number of aliphatic hydroxyl groups is 1. The van der Waals surface area contributed by atoms with E-state index in [2.05, 4.69) is 9.97 Å². The van der Waals surface area contributed by atoms with Gasteiger partial charge >= 0.3 is 5.91 Å². The number of fused-ring (bicyclic) bond motifs is 1. The minimum Gasteiger partial charge on any atom is -0.507 e. The number of aliphatic hydroxyl groups excluding tert-OH is 1. The number of hydrogen-bond acceptors (Lipinski definition) is 5. The lowest BCUT2D eigenvalue weighted by molar-refractivity contribution is -0.132. The standard InChI is InChI=1S/C29H27N3O4/c1-15-9-10-20(11-16(15)2)26(33)24-25(19-7-6-8-21(14-19)36-5)32(28(35)27(24)34)29-30-22-12-17(3)18(4)13-23(22)31-29/h6-14,25,33H,1-5H3,(H,30,31)/b26-24+. The number of methoxy groups -OCH3 is 1. The number of aryl methyl sites for hydroxylation is 4. The predicted octanol–water partition coefficient (Wildman–Crippen LogP) is 5.43. The van der Waals surface area contributed by atoms with Crippen LogP contribution in [-0.2, 0) is 9.59 Å². The number of aromatic amines is 1. The van der Waals surface area contributed by atoms with Crippen molar-refractivity contribution in [3.63, 3.8) is 0 Å². The molecular weight excluding hydrogens is 454 g/mol. The van der Waals surface area contributed by atoms with E-state index in [0.717, 1.165) is 27.8 Å². The van der Waals surface area contributed by atoms with Gasteiger partial charge in [-0.3, -0.25) is 14.5 Å². The molecule has 7 heteroatoms. The van der Waals surface area contributed by atoms with Crippen LogP contribution in [0.3, 0.4) is 0 Å². The summed E-state index contributed by atoms with van der Waals surface area (Å²) in [5.41, 5.74) is 6.72. The van der Waals surface area contributed by atoms with Crippen LogP contribution in [0.25, 0.3) is 16.8 Å². The molecule has 0 aliphatic carbocycles. The zero-order valence-corrected chi connectivity index (χ0v) is 20.8. The average molecular weight is 482 g/mol. The highest BCUT2D eigenvalue weighted by Crippen LogP contribution is 2.42. The molecular formula is C29H27N3O4. The number of ether oxygens (including phenoxy) is 1. The number of imidazole rings is 1. The maximum atomic E-state index is 13.5. The molecule has 1 aromatic heterocycles. The summed E-state index contributed by atoms with van der Waals surface area (Å²) in [4.78, 5) is 36.1. The van der Waals surface area contributed by atoms with E-state index in [1.54, 1.807) is 37.4 Å². The number of anilines is 1. The van der Waals surface area contributed by atoms with E-state index in [-0.39, 0.29) is 17.3 Å². The van der Waals surface area contributed by atoms with E-state index in [4.69, 9.17) is 4.74 Å². The van der Waals surface area contributed by atoms with Crippen molar-refractivity contribution in [1.82, 2.24) is 9.97 Å². The van der Waals surface area contributed by atoms with E-state index in [9.17, 15) is 14.7 Å². The molecule has 0 radical (unpaired) electrons. The fraction of sp³-hybridized carbons (Fsp3) is 0.207. The Kier molecular flexibility index (Phi) is 5.63.